The molecule has 1 aliphatic heterocycles. The summed E-state index contributed by atoms with van der Waals surface area (Å²) in [7, 11) is 4.22. The van der Waals surface area contributed by atoms with E-state index in [1.165, 1.54) is 19.5 Å². The van der Waals surface area contributed by atoms with Crippen LogP contribution in [0.25, 0.3) is 0 Å². The van der Waals surface area contributed by atoms with Gasteiger partial charge in [0.25, 0.3) is 0 Å². The summed E-state index contributed by atoms with van der Waals surface area (Å²) in [6, 6.07) is 0.782. The fraction of sp³-hybridized carbons (Fsp3) is 1.00. The Morgan fingerprint density at radius 3 is 2.22 bits per heavy atom. The van der Waals surface area contributed by atoms with Crippen LogP contribution >= 0.6 is 0 Å². The van der Waals surface area contributed by atoms with Gasteiger partial charge < -0.3 is 10.2 Å². The number of rotatable bonds is 2. The molecule has 1 unspecified atom stereocenters. The third-order valence-corrected chi connectivity index (χ3v) is 1.51. The van der Waals surface area contributed by atoms with Crippen LogP contribution in [0.4, 0.5) is 0 Å². The van der Waals surface area contributed by atoms with E-state index in [9.17, 15) is 0 Å². The molecule has 3 heteroatoms. The monoisotopic (exact) mass is 340 g/mol. The first-order chi connectivity index (χ1) is 3.79. The second-order valence-electron chi connectivity index (χ2n) is 2.70. The second-order valence-corrected chi connectivity index (χ2v) is 2.70. The summed E-state index contributed by atoms with van der Waals surface area (Å²) in [4.78, 5) is 2.22. The van der Waals surface area contributed by atoms with Crippen molar-refractivity contribution in [2.75, 3.05) is 27.2 Å². The Kier molecular flexibility index (Phi) is 5.88. The van der Waals surface area contributed by atoms with Gasteiger partial charge in [0, 0.05) is 57.6 Å². The minimum atomic E-state index is 0. The Morgan fingerprint density at radius 2 is 2.11 bits per heavy atom. The number of nitrogens with zero attached hydrogens (tertiary/aromatic N) is 1. The van der Waals surface area contributed by atoms with Gasteiger partial charge in [-0.3, -0.25) is 0 Å². The zero-order chi connectivity index (χ0) is 5.98. The number of hydrogen-bond donors (Lipinski definition) is 1. The average Bonchev–Trinajstić information content (AvgIpc) is 1.55. The fourth-order valence-electron chi connectivity index (χ4n) is 0.945. The van der Waals surface area contributed by atoms with E-state index in [4.69, 9.17) is 0 Å². The Balaban J connectivity index is 0.000000640. The van der Waals surface area contributed by atoms with Gasteiger partial charge in [-0.2, -0.15) is 0 Å². The van der Waals surface area contributed by atoms with Gasteiger partial charge in [0.05, 0.1) is 0 Å². The zero-order valence-electron chi connectivity index (χ0n) is 6.35. The molecular formula is C6H14N2Ra. The summed E-state index contributed by atoms with van der Waals surface area (Å²) in [5, 5.41) is 3.34. The van der Waals surface area contributed by atoms with Crippen molar-refractivity contribution in [3.63, 3.8) is 0 Å². The van der Waals surface area contributed by atoms with Gasteiger partial charge in [0.15, 0.2) is 0 Å². The maximum atomic E-state index is 3.34. The van der Waals surface area contributed by atoms with Gasteiger partial charge >= 0.3 is 0 Å². The van der Waals surface area contributed by atoms with Gasteiger partial charge in [-0.05, 0) is 27.1 Å². The first kappa shape index (κ1) is 10.4. The van der Waals surface area contributed by atoms with Gasteiger partial charge in [0.2, 0.25) is 0 Å². The molecule has 1 saturated heterocycles. The molecule has 0 aromatic carbocycles. The molecule has 0 aliphatic carbocycles. The van der Waals surface area contributed by atoms with Crippen molar-refractivity contribution in [3.05, 3.63) is 0 Å². The van der Waals surface area contributed by atoms with Crippen LogP contribution in [-0.2, 0) is 0 Å². The number of hydrogen-bond acceptors (Lipinski definition) is 2. The molecule has 2 radical (unpaired) electrons. The molecule has 1 heterocycles. The van der Waals surface area contributed by atoms with E-state index in [1.807, 2.05) is 0 Å². The van der Waals surface area contributed by atoms with Crippen molar-refractivity contribution in [2.45, 2.75) is 12.5 Å². The zero-order valence-corrected chi connectivity index (χ0v) is 12.2. The van der Waals surface area contributed by atoms with Crippen LogP contribution in [0.3, 0.4) is 0 Å². The summed E-state index contributed by atoms with van der Waals surface area (Å²) in [5.41, 5.74) is 0. The molecule has 1 N–H and O–H groups in total. The third-order valence-electron chi connectivity index (χ3n) is 1.51. The van der Waals surface area contributed by atoms with Crippen LogP contribution in [0.2, 0.25) is 0 Å². The summed E-state index contributed by atoms with van der Waals surface area (Å²) >= 11 is 0. The van der Waals surface area contributed by atoms with Crippen molar-refractivity contribution in [2.24, 2.45) is 0 Å². The topological polar surface area (TPSA) is 15.3 Å². The molecule has 1 aliphatic rings. The van der Waals surface area contributed by atoms with E-state index in [-0.39, 0.29) is 45.0 Å². The van der Waals surface area contributed by atoms with Crippen molar-refractivity contribution in [1.29, 1.82) is 0 Å². The van der Waals surface area contributed by atoms with E-state index in [0.717, 1.165) is 6.04 Å². The number of nitrogens with one attached hydrogen (secondary N) is 1. The summed E-state index contributed by atoms with van der Waals surface area (Å²) in [6.07, 6.45) is 1.36. The Bertz CT molecular complexity index is 71.5. The van der Waals surface area contributed by atoms with Crippen LogP contribution in [0, 0.1) is 45.0 Å². The third kappa shape index (κ3) is 3.95. The normalized spacial score (nSPS) is 25.0. The molecule has 0 spiro atoms. The molecule has 0 aromatic heterocycles. The molecule has 50 valence electrons. The first-order valence-corrected chi connectivity index (χ1v) is 3.17. The summed E-state index contributed by atoms with van der Waals surface area (Å²) < 4.78 is 0. The summed E-state index contributed by atoms with van der Waals surface area (Å²) in [5.74, 6) is 0. The minimum Gasteiger partial charge on any atom is -0.313 e. The van der Waals surface area contributed by atoms with E-state index in [2.05, 4.69) is 24.3 Å². The van der Waals surface area contributed by atoms with E-state index < -0.39 is 0 Å². The van der Waals surface area contributed by atoms with Crippen LogP contribution in [0.1, 0.15) is 6.42 Å². The molecule has 2 nitrogen and oxygen atoms in total. The minimum absolute atomic E-state index is 0. The van der Waals surface area contributed by atoms with Crippen molar-refractivity contribution < 1.29 is 45.0 Å². The van der Waals surface area contributed by atoms with Gasteiger partial charge in [-0.1, -0.05) is 0 Å². The van der Waals surface area contributed by atoms with Crippen LogP contribution in [-0.4, -0.2) is 38.1 Å². The van der Waals surface area contributed by atoms with Gasteiger partial charge in [0.1, 0.15) is 0 Å². The van der Waals surface area contributed by atoms with E-state index in [1.54, 1.807) is 0 Å². The quantitative estimate of drug-likeness (QED) is 0.756. The van der Waals surface area contributed by atoms with Crippen LogP contribution in [0.5, 0.6) is 0 Å². The molecule has 9 heavy (non-hydrogen) atoms. The first-order valence-electron chi connectivity index (χ1n) is 3.17. The van der Waals surface area contributed by atoms with E-state index >= 15 is 0 Å². The smallest absolute Gasteiger partial charge is 0.0206 e. The fourth-order valence-corrected chi connectivity index (χ4v) is 0.945. The molecule has 1 atom stereocenters. The molecule has 0 amide bonds. The largest absolute Gasteiger partial charge is 0.313 e. The van der Waals surface area contributed by atoms with Crippen molar-refractivity contribution >= 4 is 0 Å². The average molecular weight is 340 g/mol. The van der Waals surface area contributed by atoms with Crippen molar-refractivity contribution in [1.82, 2.24) is 10.2 Å². The van der Waals surface area contributed by atoms with E-state index in [0.29, 0.717) is 0 Å². The molecule has 1 fully saturated rings. The maximum Gasteiger partial charge on any atom is 0.0206 e. The van der Waals surface area contributed by atoms with Gasteiger partial charge in [-0.15, -0.1) is 0 Å². The maximum absolute atomic E-state index is 3.34. The number of likely N-dealkylation sites (N-methyl/N-ethyl adjacent to an activating group) is 1. The Labute approximate surface area is 93.8 Å². The molecule has 0 saturated carbocycles. The molecule has 0 bridgehead atoms. The molecule has 0 aromatic rings. The molecule has 1 rings (SSSR count). The second kappa shape index (κ2) is 5.09. The van der Waals surface area contributed by atoms with Crippen LogP contribution in [0.15, 0.2) is 0 Å². The van der Waals surface area contributed by atoms with Gasteiger partial charge in [-0.25, -0.2) is 0 Å². The Morgan fingerprint density at radius 1 is 1.56 bits per heavy atom. The standard InChI is InChI=1S/C6H14N2.Ra/c1-8(2)5-6-3-4-7-6;/h6-7H,3-5H2,1-2H3;. The van der Waals surface area contributed by atoms with Crippen molar-refractivity contribution in [3.8, 4) is 0 Å². The Hall–Kier alpha value is 1.39. The SMILES string of the molecule is CN(C)CC1CCN1.[Ra]. The van der Waals surface area contributed by atoms with Crippen LogP contribution < -0.4 is 5.32 Å². The summed E-state index contributed by atoms with van der Waals surface area (Å²) in [6.45, 7) is 2.42. The predicted octanol–water partition coefficient (Wildman–Crippen LogP) is -0.0901. The molecular weight excluding hydrogens is 326 g/mol. The predicted molar refractivity (Wildman–Crippen MR) is 35.0 cm³/mol.